The van der Waals surface area contributed by atoms with Crippen molar-refractivity contribution in [3.8, 4) is 16.9 Å². The van der Waals surface area contributed by atoms with Crippen LogP contribution in [0.2, 0.25) is 0 Å². The molecular weight excluding hydrogens is 421 g/mol. The third-order valence-corrected chi connectivity index (χ3v) is 5.84. The number of halogens is 1. The van der Waals surface area contributed by atoms with Crippen molar-refractivity contribution < 1.29 is 13.9 Å². The maximum Gasteiger partial charge on any atom is 0.261 e. The molecule has 3 aromatic rings. The number of nitrogens with zero attached hydrogens (tertiary/aromatic N) is 5. The number of aryl methyl sites for hydroxylation is 1. The van der Waals surface area contributed by atoms with Crippen molar-refractivity contribution in [1.82, 2.24) is 19.9 Å². The zero-order valence-electron chi connectivity index (χ0n) is 19.2. The highest BCUT2D eigenvalue weighted by molar-refractivity contribution is 5.79. The van der Waals surface area contributed by atoms with Crippen LogP contribution in [0.4, 0.5) is 10.3 Å². The number of aromatic nitrogens is 3. The van der Waals surface area contributed by atoms with E-state index < -0.39 is 5.82 Å². The Morgan fingerprint density at radius 2 is 2.00 bits per heavy atom. The van der Waals surface area contributed by atoms with E-state index in [1.807, 2.05) is 49.3 Å². The number of carbonyl (C=O) groups is 1. The van der Waals surface area contributed by atoms with Crippen molar-refractivity contribution in [3.05, 3.63) is 66.0 Å². The van der Waals surface area contributed by atoms with E-state index in [-0.39, 0.29) is 24.3 Å². The van der Waals surface area contributed by atoms with Crippen LogP contribution in [0.15, 0.2) is 48.9 Å². The van der Waals surface area contributed by atoms with Gasteiger partial charge in [-0.3, -0.25) is 9.78 Å². The second kappa shape index (κ2) is 9.94. The molecule has 1 saturated heterocycles. The molecule has 1 aliphatic heterocycles. The van der Waals surface area contributed by atoms with E-state index in [1.165, 1.54) is 12.1 Å². The molecule has 0 bridgehead atoms. The van der Waals surface area contributed by atoms with Gasteiger partial charge in [-0.2, -0.15) is 0 Å². The lowest BCUT2D eigenvalue weighted by Gasteiger charge is -2.36. The van der Waals surface area contributed by atoms with Crippen molar-refractivity contribution in [2.24, 2.45) is 0 Å². The van der Waals surface area contributed by atoms with Crippen LogP contribution >= 0.6 is 0 Å². The van der Waals surface area contributed by atoms with Gasteiger partial charge < -0.3 is 14.5 Å². The van der Waals surface area contributed by atoms with E-state index in [2.05, 4.69) is 9.97 Å². The first-order chi connectivity index (χ1) is 16.0. The molecule has 1 fully saturated rings. The molecule has 2 aromatic heterocycles. The molecule has 0 unspecified atom stereocenters. The number of carbonyl (C=O) groups excluding carboxylic acids is 1. The van der Waals surface area contributed by atoms with Gasteiger partial charge in [0.15, 0.2) is 18.2 Å². The van der Waals surface area contributed by atoms with Gasteiger partial charge in [-0.05, 0) is 55.5 Å². The molecule has 3 heterocycles. The van der Waals surface area contributed by atoms with Crippen LogP contribution in [-0.4, -0.2) is 53.0 Å². The fourth-order valence-corrected chi connectivity index (χ4v) is 4.14. The standard InChI is InChI=1S/C25H28FN5O2/c1-17-14-27-12-11-18(17)19-15-28-25(30(2)3)29-24(19)21-9-6-7-13-31(21)23(32)16-33-22-10-5-4-8-20(22)26/h4-5,8,10-12,14-15,21H,6-7,9,13,16H2,1-3H3/t21-/m0/s1. The maximum atomic E-state index is 13.9. The predicted octanol–water partition coefficient (Wildman–Crippen LogP) is 4.18. The van der Waals surface area contributed by atoms with Gasteiger partial charge in [-0.1, -0.05) is 12.1 Å². The average Bonchev–Trinajstić information content (AvgIpc) is 2.83. The van der Waals surface area contributed by atoms with Gasteiger partial charge in [0, 0.05) is 44.8 Å². The zero-order chi connectivity index (χ0) is 23.4. The van der Waals surface area contributed by atoms with Crippen molar-refractivity contribution >= 4 is 11.9 Å². The molecule has 33 heavy (non-hydrogen) atoms. The molecular formula is C25H28FN5O2. The number of hydrogen-bond acceptors (Lipinski definition) is 6. The molecule has 0 spiro atoms. The van der Waals surface area contributed by atoms with Gasteiger partial charge in [0.25, 0.3) is 5.91 Å². The topological polar surface area (TPSA) is 71.5 Å². The number of amides is 1. The van der Waals surface area contributed by atoms with E-state index in [4.69, 9.17) is 9.72 Å². The van der Waals surface area contributed by atoms with Crippen LogP contribution in [0.25, 0.3) is 11.1 Å². The monoisotopic (exact) mass is 449 g/mol. The fourth-order valence-electron chi connectivity index (χ4n) is 4.14. The summed E-state index contributed by atoms with van der Waals surface area (Å²) in [6.45, 7) is 2.37. The van der Waals surface area contributed by atoms with Gasteiger partial charge in [0.1, 0.15) is 0 Å². The van der Waals surface area contributed by atoms with Gasteiger partial charge in [-0.25, -0.2) is 14.4 Å². The van der Waals surface area contributed by atoms with Crippen LogP contribution in [0.1, 0.15) is 36.6 Å². The van der Waals surface area contributed by atoms with Crippen LogP contribution in [0.3, 0.4) is 0 Å². The summed E-state index contributed by atoms with van der Waals surface area (Å²) < 4.78 is 19.5. The summed E-state index contributed by atoms with van der Waals surface area (Å²) in [5.41, 5.74) is 3.70. The third kappa shape index (κ3) is 4.94. The van der Waals surface area contributed by atoms with E-state index in [1.54, 1.807) is 18.3 Å². The summed E-state index contributed by atoms with van der Waals surface area (Å²) in [4.78, 5) is 30.5. The molecule has 0 aliphatic carbocycles. The molecule has 8 heteroatoms. The van der Waals surface area contributed by atoms with Gasteiger partial charge in [0.2, 0.25) is 5.95 Å². The number of hydrogen-bond donors (Lipinski definition) is 0. The summed E-state index contributed by atoms with van der Waals surface area (Å²) >= 11 is 0. The minimum atomic E-state index is -0.484. The Bertz CT molecular complexity index is 1140. The lowest BCUT2D eigenvalue weighted by molar-refractivity contribution is -0.137. The summed E-state index contributed by atoms with van der Waals surface area (Å²) in [7, 11) is 3.78. The van der Waals surface area contributed by atoms with Gasteiger partial charge in [0.05, 0.1) is 11.7 Å². The van der Waals surface area contributed by atoms with Crippen molar-refractivity contribution in [3.63, 3.8) is 0 Å². The minimum Gasteiger partial charge on any atom is -0.481 e. The largest absolute Gasteiger partial charge is 0.481 e. The minimum absolute atomic E-state index is 0.0736. The Kier molecular flexibility index (Phi) is 6.82. The molecule has 0 radical (unpaired) electrons. The molecule has 0 N–H and O–H groups in total. The van der Waals surface area contributed by atoms with E-state index >= 15 is 0 Å². The Morgan fingerprint density at radius 1 is 1.18 bits per heavy atom. The second-order valence-electron chi connectivity index (χ2n) is 8.37. The lowest BCUT2D eigenvalue weighted by Crippen LogP contribution is -2.41. The van der Waals surface area contributed by atoms with Crippen LogP contribution in [0, 0.1) is 12.7 Å². The highest BCUT2D eigenvalue weighted by atomic mass is 19.1. The highest BCUT2D eigenvalue weighted by Crippen LogP contribution is 2.37. The van der Waals surface area contributed by atoms with Crippen molar-refractivity contribution in [2.45, 2.75) is 32.2 Å². The van der Waals surface area contributed by atoms with Crippen molar-refractivity contribution in [2.75, 3.05) is 32.1 Å². The first-order valence-corrected chi connectivity index (χ1v) is 11.1. The molecule has 1 atom stereocenters. The summed E-state index contributed by atoms with van der Waals surface area (Å²) in [6.07, 6.45) is 8.05. The molecule has 1 aromatic carbocycles. The summed E-state index contributed by atoms with van der Waals surface area (Å²) in [5, 5.41) is 0. The lowest BCUT2D eigenvalue weighted by atomic mass is 9.93. The average molecular weight is 450 g/mol. The molecule has 0 saturated carbocycles. The molecule has 1 aliphatic rings. The predicted molar refractivity (Wildman–Crippen MR) is 125 cm³/mol. The van der Waals surface area contributed by atoms with Crippen LogP contribution in [0.5, 0.6) is 5.75 Å². The number of rotatable bonds is 6. The number of ether oxygens (including phenoxy) is 1. The Morgan fingerprint density at radius 3 is 2.76 bits per heavy atom. The zero-order valence-corrected chi connectivity index (χ0v) is 19.2. The number of benzene rings is 1. The Hall–Kier alpha value is -3.55. The van der Waals surface area contributed by atoms with Crippen molar-refractivity contribution in [1.29, 1.82) is 0 Å². The quantitative estimate of drug-likeness (QED) is 0.562. The number of likely N-dealkylation sites (tertiary alicyclic amines) is 1. The SMILES string of the molecule is Cc1cnccc1-c1cnc(N(C)C)nc1[C@@H]1CCCCN1C(=O)COc1ccccc1F. The molecule has 1 amide bonds. The first kappa shape index (κ1) is 22.6. The van der Waals surface area contributed by atoms with Gasteiger partial charge in [-0.15, -0.1) is 0 Å². The molecule has 4 rings (SSSR count). The number of para-hydroxylation sites is 1. The normalized spacial score (nSPS) is 15.9. The number of pyridine rings is 1. The first-order valence-electron chi connectivity index (χ1n) is 11.1. The van der Waals surface area contributed by atoms with E-state index in [0.29, 0.717) is 12.5 Å². The Balaban J connectivity index is 1.68. The highest BCUT2D eigenvalue weighted by Gasteiger charge is 2.32. The van der Waals surface area contributed by atoms with E-state index in [9.17, 15) is 9.18 Å². The van der Waals surface area contributed by atoms with Crippen LogP contribution < -0.4 is 9.64 Å². The maximum absolute atomic E-state index is 13.9. The summed E-state index contributed by atoms with van der Waals surface area (Å²) in [5.74, 6) is -0.0155. The number of anilines is 1. The smallest absolute Gasteiger partial charge is 0.261 e. The Labute approximate surface area is 193 Å². The third-order valence-electron chi connectivity index (χ3n) is 5.84. The molecule has 7 nitrogen and oxygen atoms in total. The van der Waals surface area contributed by atoms with Crippen LogP contribution in [-0.2, 0) is 4.79 Å². The van der Waals surface area contributed by atoms with Gasteiger partial charge >= 0.3 is 0 Å². The molecule has 172 valence electrons. The second-order valence-corrected chi connectivity index (χ2v) is 8.37. The fraction of sp³-hybridized carbons (Fsp3) is 0.360. The number of piperidine rings is 1. The van der Waals surface area contributed by atoms with E-state index in [0.717, 1.165) is 41.6 Å². The summed E-state index contributed by atoms with van der Waals surface area (Å²) in [6, 6.07) is 7.83.